The number of benzene rings is 2. The molecule has 0 radical (unpaired) electrons. The lowest BCUT2D eigenvalue weighted by atomic mass is 9.99. The number of rotatable bonds is 2. The summed E-state index contributed by atoms with van der Waals surface area (Å²) in [4.78, 5) is 0. The zero-order chi connectivity index (χ0) is 15.1. The lowest BCUT2D eigenvalue weighted by Gasteiger charge is -2.12. The van der Waals surface area contributed by atoms with Crippen molar-refractivity contribution < 1.29 is 0 Å². The van der Waals surface area contributed by atoms with E-state index in [1.54, 1.807) is 0 Å². The Morgan fingerprint density at radius 3 is 2.32 bits per heavy atom. The first-order chi connectivity index (χ1) is 10.7. The number of aryl methyl sites for hydroxylation is 1. The zero-order valence-electron chi connectivity index (χ0n) is 13.0. The summed E-state index contributed by atoms with van der Waals surface area (Å²) in [5.74, 6) is 4.71. The maximum absolute atomic E-state index is 2.41. The topological polar surface area (TPSA) is 0 Å². The minimum absolute atomic E-state index is 0.281. The van der Waals surface area contributed by atoms with Gasteiger partial charge in [-0.15, -0.1) is 0 Å². The van der Waals surface area contributed by atoms with Crippen LogP contribution < -0.4 is 0 Å². The molecule has 1 aliphatic rings. The molecule has 1 heterocycles. The average molecular weight is 302 g/mol. The smallest absolute Gasteiger partial charge is 0.00597 e. The number of hydrogen-bond donors (Lipinski definition) is 0. The highest BCUT2D eigenvalue weighted by molar-refractivity contribution is 7.56. The summed E-state index contributed by atoms with van der Waals surface area (Å²) in [5.41, 5.74) is 8.42. The molecular formula is C21H19P. The third-order valence-corrected chi connectivity index (χ3v) is 6.28. The SMILES string of the molecule is CC1=Cc2c(cc(-c3ccc(C)cc3)cc2-p2cccc2)C1. The molecule has 0 bridgehead atoms. The van der Waals surface area contributed by atoms with Gasteiger partial charge >= 0.3 is 0 Å². The van der Waals surface area contributed by atoms with Gasteiger partial charge in [0, 0.05) is 5.30 Å². The second-order valence-corrected chi connectivity index (χ2v) is 8.08. The van der Waals surface area contributed by atoms with Crippen molar-refractivity contribution in [2.24, 2.45) is 0 Å². The van der Waals surface area contributed by atoms with Gasteiger partial charge < -0.3 is 0 Å². The molecule has 0 atom stereocenters. The van der Waals surface area contributed by atoms with Gasteiger partial charge in [-0.25, -0.2) is 0 Å². The van der Waals surface area contributed by atoms with E-state index in [9.17, 15) is 0 Å². The Morgan fingerprint density at radius 2 is 1.59 bits per heavy atom. The molecule has 22 heavy (non-hydrogen) atoms. The molecule has 0 N–H and O–H groups in total. The minimum Gasteiger partial charge on any atom is -0.0928 e. The highest BCUT2D eigenvalue weighted by Crippen LogP contribution is 2.47. The van der Waals surface area contributed by atoms with Gasteiger partial charge in [-0.05, 0) is 60.2 Å². The Kier molecular flexibility index (Phi) is 3.28. The maximum atomic E-state index is 2.41. The Hall–Kier alpha value is -2.04. The van der Waals surface area contributed by atoms with Gasteiger partial charge in [0.05, 0.1) is 0 Å². The van der Waals surface area contributed by atoms with Crippen LogP contribution in [0.5, 0.6) is 0 Å². The first-order valence-electron chi connectivity index (χ1n) is 7.75. The molecule has 1 heteroatoms. The van der Waals surface area contributed by atoms with Crippen molar-refractivity contribution in [1.82, 2.24) is 0 Å². The zero-order valence-corrected chi connectivity index (χ0v) is 13.9. The van der Waals surface area contributed by atoms with Crippen LogP contribution in [0, 0.1) is 6.92 Å². The van der Waals surface area contributed by atoms with E-state index in [1.165, 1.54) is 38.7 Å². The van der Waals surface area contributed by atoms with Crippen molar-refractivity contribution in [1.29, 1.82) is 0 Å². The Bertz CT molecular complexity index is 850. The summed E-state index contributed by atoms with van der Waals surface area (Å²) in [6, 6.07) is 18.0. The molecule has 0 spiro atoms. The highest BCUT2D eigenvalue weighted by Gasteiger charge is 2.16. The summed E-state index contributed by atoms with van der Waals surface area (Å²) in [6.45, 7) is 4.38. The van der Waals surface area contributed by atoms with Crippen LogP contribution >= 0.6 is 7.53 Å². The maximum Gasteiger partial charge on any atom is 0.00597 e. The number of hydrogen-bond acceptors (Lipinski definition) is 0. The average Bonchev–Trinajstić information content (AvgIpc) is 3.15. The van der Waals surface area contributed by atoms with Crippen LogP contribution in [0.3, 0.4) is 0 Å². The standard InChI is InChI=1S/C21H19P/c1-15-5-7-17(8-6-15)18-13-19-11-16(2)12-20(19)21(14-18)22-9-3-4-10-22/h3-10,12-14H,11H2,1-2H3. The van der Waals surface area contributed by atoms with Crippen molar-refractivity contribution in [3.8, 4) is 16.4 Å². The van der Waals surface area contributed by atoms with Gasteiger partial charge in [-0.2, -0.15) is 0 Å². The monoisotopic (exact) mass is 302 g/mol. The van der Waals surface area contributed by atoms with Gasteiger partial charge in [0.25, 0.3) is 0 Å². The normalized spacial score (nSPS) is 13.1. The van der Waals surface area contributed by atoms with Crippen LogP contribution in [0.25, 0.3) is 22.5 Å². The summed E-state index contributed by atoms with van der Waals surface area (Å²) in [6.07, 6.45) is 3.48. The Balaban J connectivity index is 1.91. The second kappa shape index (κ2) is 5.30. The molecule has 0 nitrogen and oxygen atoms in total. The van der Waals surface area contributed by atoms with E-state index in [4.69, 9.17) is 0 Å². The quantitative estimate of drug-likeness (QED) is 0.500. The fraction of sp³-hybridized carbons (Fsp3) is 0.143. The molecule has 4 rings (SSSR count). The summed E-state index contributed by atoms with van der Waals surface area (Å²) >= 11 is 0. The van der Waals surface area contributed by atoms with Gasteiger partial charge in [-0.1, -0.05) is 67.2 Å². The summed E-state index contributed by atoms with van der Waals surface area (Å²) in [5, 5.41) is 1.50. The molecular weight excluding hydrogens is 283 g/mol. The van der Waals surface area contributed by atoms with Gasteiger partial charge in [0.15, 0.2) is 0 Å². The fourth-order valence-corrected chi connectivity index (χ4v) is 4.99. The van der Waals surface area contributed by atoms with E-state index >= 15 is 0 Å². The number of fused-ring (bicyclic) bond motifs is 1. The van der Waals surface area contributed by atoms with Crippen LogP contribution in [0.15, 0.2) is 65.7 Å². The first-order valence-corrected chi connectivity index (χ1v) is 9.23. The van der Waals surface area contributed by atoms with E-state index in [0.29, 0.717) is 0 Å². The van der Waals surface area contributed by atoms with Crippen LogP contribution in [0.4, 0.5) is 0 Å². The molecule has 0 saturated heterocycles. The molecule has 0 amide bonds. The van der Waals surface area contributed by atoms with E-state index in [1.807, 2.05) is 0 Å². The molecule has 2 aromatic carbocycles. The van der Waals surface area contributed by atoms with Gasteiger partial charge in [0.1, 0.15) is 0 Å². The number of allylic oxidation sites excluding steroid dienone is 1. The summed E-state index contributed by atoms with van der Waals surface area (Å²) in [7, 11) is -0.281. The van der Waals surface area contributed by atoms with Crippen molar-refractivity contribution in [2.75, 3.05) is 0 Å². The summed E-state index contributed by atoms with van der Waals surface area (Å²) < 4.78 is 0. The molecule has 108 valence electrons. The van der Waals surface area contributed by atoms with E-state index in [2.05, 4.69) is 80.1 Å². The van der Waals surface area contributed by atoms with Crippen molar-refractivity contribution in [3.63, 3.8) is 0 Å². The van der Waals surface area contributed by atoms with E-state index in [-0.39, 0.29) is 7.53 Å². The minimum atomic E-state index is -0.281. The predicted octanol–water partition coefficient (Wildman–Crippen LogP) is 6.60. The third-order valence-electron chi connectivity index (χ3n) is 4.37. The van der Waals surface area contributed by atoms with Gasteiger partial charge in [0.2, 0.25) is 0 Å². The van der Waals surface area contributed by atoms with Crippen LogP contribution in [-0.4, -0.2) is 0 Å². The molecule has 0 aliphatic heterocycles. The van der Waals surface area contributed by atoms with Gasteiger partial charge in [-0.3, -0.25) is 0 Å². The second-order valence-electron chi connectivity index (χ2n) is 6.19. The van der Waals surface area contributed by atoms with Crippen LogP contribution in [0.2, 0.25) is 0 Å². The van der Waals surface area contributed by atoms with Crippen molar-refractivity contribution in [3.05, 3.63) is 82.4 Å². The molecule has 0 unspecified atom stereocenters. The molecule has 0 saturated carbocycles. The lowest BCUT2D eigenvalue weighted by Crippen LogP contribution is -1.88. The van der Waals surface area contributed by atoms with Crippen molar-refractivity contribution in [2.45, 2.75) is 20.3 Å². The molecule has 1 aliphatic carbocycles. The third kappa shape index (κ3) is 2.34. The van der Waals surface area contributed by atoms with Crippen LogP contribution in [-0.2, 0) is 6.42 Å². The van der Waals surface area contributed by atoms with Crippen molar-refractivity contribution >= 4 is 13.6 Å². The Morgan fingerprint density at radius 1 is 0.864 bits per heavy atom. The molecule has 1 aromatic heterocycles. The van der Waals surface area contributed by atoms with Crippen LogP contribution in [0.1, 0.15) is 23.6 Å². The largest absolute Gasteiger partial charge is 0.0928 e. The molecule has 3 aromatic rings. The predicted molar refractivity (Wildman–Crippen MR) is 98.0 cm³/mol. The molecule has 0 fully saturated rings. The van der Waals surface area contributed by atoms with E-state index in [0.717, 1.165) is 6.42 Å². The lowest BCUT2D eigenvalue weighted by molar-refractivity contribution is 1.20. The van der Waals surface area contributed by atoms with E-state index < -0.39 is 0 Å². The highest BCUT2D eigenvalue weighted by atomic mass is 31.1. The fourth-order valence-electron chi connectivity index (χ4n) is 3.23. The Labute approximate surface area is 133 Å². The first kappa shape index (κ1) is 13.6.